The van der Waals surface area contributed by atoms with Gasteiger partial charge in [0, 0.05) is 16.9 Å². The van der Waals surface area contributed by atoms with E-state index in [2.05, 4.69) is 27.0 Å². The molecule has 0 bridgehead atoms. The molecule has 6 heteroatoms. The maximum atomic E-state index is 5.46. The Morgan fingerprint density at radius 1 is 1.28 bits per heavy atom. The van der Waals surface area contributed by atoms with Crippen molar-refractivity contribution < 1.29 is 0 Å². The summed E-state index contributed by atoms with van der Waals surface area (Å²) in [6.07, 6.45) is 6.09. The van der Waals surface area contributed by atoms with Crippen molar-refractivity contribution in [2.24, 2.45) is 5.84 Å². The van der Waals surface area contributed by atoms with Crippen molar-refractivity contribution in [2.45, 2.75) is 37.9 Å². The molecule has 100 valence electrons. The van der Waals surface area contributed by atoms with Crippen LogP contribution in [0.5, 0.6) is 0 Å². The number of hydrogen-bond donors (Lipinski definition) is 3. The highest BCUT2D eigenvalue weighted by molar-refractivity contribution is 8.00. The maximum Gasteiger partial charge on any atom is 0.148 e. The second-order valence-corrected chi connectivity index (χ2v) is 6.11. The average Bonchev–Trinajstić information content (AvgIpc) is 2.32. The summed E-state index contributed by atoms with van der Waals surface area (Å²) in [5, 5.41) is 3.45. The van der Waals surface area contributed by atoms with E-state index in [0.29, 0.717) is 10.6 Å². The van der Waals surface area contributed by atoms with Crippen molar-refractivity contribution in [3.63, 3.8) is 0 Å². The third kappa shape index (κ3) is 2.54. The second kappa shape index (κ2) is 5.32. The molecule has 1 aliphatic carbocycles. The SMILES string of the molecule is CSC1(CNc2nc(C)nc(NN)c2C)CCC1. The lowest BCUT2D eigenvalue weighted by Crippen LogP contribution is -2.40. The van der Waals surface area contributed by atoms with Gasteiger partial charge in [-0.3, -0.25) is 0 Å². The number of rotatable bonds is 5. The van der Waals surface area contributed by atoms with Gasteiger partial charge in [0.05, 0.1) is 0 Å². The maximum absolute atomic E-state index is 5.46. The summed E-state index contributed by atoms with van der Waals surface area (Å²) >= 11 is 1.95. The van der Waals surface area contributed by atoms with Gasteiger partial charge in [0.25, 0.3) is 0 Å². The molecule has 0 aliphatic heterocycles. The van der Waals surface area contributed by atoms with Crippen molar-refractivity contribution in [2.75, 3.05) is 23.5 Å². The molecule has 0 unspecified atom stereocenters. The van der Waals surface area contributed by atoms with Gasteiger partial charge < -0.3 is 10.7 Å². The fraction of sp³-hybridized carbons (Fsp3) is 0.667. The molecule has 1 fully saturated rings. The van der Waals surface area contributed by atoms with Crippen molar-refractivity contribution in [1.82, 2.24) is 9.97 Å². The minimum absolute atomic E-state index is 0.390. The summed E-state index contributed by atoms with van der Waals surface area (Å²) in [4.78, 5) is 8.71. The zero-order chi connectivity index (χ0) is 13.2. The highest BCUT2D eigenvalue weighted by atomic mass is 32.2. The minimum Gasteiger partial charge on any atom is -0.368 e. The first kappa shape index (κ1) is 13.4. The molecule has 2 rings (SSSR count). The number of anilines is 2. The summed E-state index contributed by atoms with van der Waals surface area (Å²) in [6.45, 7) is 4.80. The Bertz CT molecular complexity index is 425. The Balaban J connectivity index is 2.11. The Hall–Kier alpha value is -1.01. The van der Waals surface area contributed by atoms with E-state index in [1.54, 1.807) is 0 Å². The number of nitrogen functional groups attached to an aromatic ring is 1. The third-order valence-corrected chi connectivity index (χ3v) is 5.09. The molecule has 1 aliphatic rings. The van der Waals surface area contributed by atoms with Crippen molar-refractivity contribution in [3.8, 4) is 0 Å². The van der Waals surface area contributed by atoms with Crippen LogP contribution in [0.2, 0.25) is 0 Å². The zero-order valence-electron chi connectivity index (χ0n) is 11.2. The molecule has 5 nitrogen and oxygen atoms in total. The van der Waals surface area contributed by atoms with Crippen molar-refractivity contribution >= 4 is 23.4 Å². The van der Waals surface area contributed by atoms with E-state index < -0.39 is 0 Å². The summed E-state index contributed by atoms with van der Waals surface area (Å²) < 4.78 is 0.390. The number of aromatic nitrogens is 2. The van der Waals surface area contributed by atoms with Crippen molar-refractivity contribution in [1.29, 1.82) is 0 Å². The van der Waals surface area contributed by atoms with E-state index in [9.17, 15) is 0 Å². The smallest absolute Gasteiger partial charge is 0.148 e. The number of hydrogen-bond acceptors (Lipinski definition) is 6. The number of nitrogens with two attached hydrogens (primary N) is 1. The van der Waals surface area contributed by atoms with E-state index >= 15 is 0 Å². The minimum atomic E-state index is 0.390. The van der Waals surface area contributed by atoms with Crippen LogP contribution in [0.25, 0.3) is 0 Å². The van der Waals surface area contributed by atoms with Crippen LogP contribution in [0.1, 0.15) is 30.7 Å². The molecule has 0 amide bonds. The molecule has 18 heavy (non-hydrogen) atoms. The first-order valence-corrected chi connectivity index (χ1v) is 7.43. The van der Waals surface area contributed by atoms with Gasteiger partial charge in [0.2, 0.25) is 0 Å². The number of hydrazine groups is 1. The quantitative estimate of drug-likeness (QED) is 0.560. The van der Waals surface area contributed by atoms with Gasteiger partial charge >= 0.3 is 0 Å². The van der Waals surface area contributed by atoms with E-state index in [4.69, 9.17) is 5.84 Å². The van der Waals surface area contributed by atoms with E-state index in [-0.39, 0.29) is 0 Å². The van der Waals surface area contributed by atoms with E-state index in [0.717, 1.165) is 23.8 Å². The monoisotopic (exact) mass is 267 g/mol. The van der Waals surface area contributed by atoms with Gasteiger partial charge in [-0.05, 0) is 32.9 Å². The van der Waals surface area contributed by atoms with Gasteiger partial charge in [0.15, 0.2) is 0 Å². The average molecular weight is 267 g/mol. The number of nitrogens with zero attached hydrogens (tertiary/aromatic N) is 2. The molecule has 0 aromatic carbocycles. The number of nitrogens with one attached hydrogen (secondary N) is 2. The molecule has 4 N–H and O–H groups in total. The highest BCUT2D eigenvalue weighted by Gasteiger charge is 2.36. The molecular weight excluding hydrogens is 246 g/mol. The van der Waals surface area contributed by atoms with Gasteiger partial charge in [0.1, 0.15) is 17.5 Å². The largest absolute Gasteiger partial charge is 0.368 e. The van der Waals surface area contributed by atoms with Crippen LogP contribution >= 0.6 is 11.8 Å². The Morgan fingerprint density at radius 3 is 2.44 bits per heavy atom. The molecule has 1 aromatic heterocycles. The number of aryl methyl sites for hydroxylation is 1. The predicted molar refractivity (Wildman–Crippen MR) is 77.9 cm³/mol. The van der Waals surface area contributed by atoms with Crippen molar-refractivity contribution in [3.05, 3.63) is 11.4 Å². The van der Waals surface area contributed by atoms with Gasteiger partial charge in [-0.1, -0.05) is 6.42 Å². The molecule has 1 saturated carbocycles. The number of thioether (sulfide) groups is 1. The summed E-state index contributed by atoms with van der Waals surface area (Å²) in [5.41, 5.74) is 3.59. The third-order valence-electron chi connectivity index (χ3n) is 3.67. The van der Waals surface area contributed by atoms with Crippen LogP contribution < -0.4 is 16.6 Å². The van der Waals surface area contributed by atoms with Crippen LogP contribution in [0.3, 0.4) is 0 Å². The summed E-state index contributed by atoms with van der Waals surface area (Å²) in [5.74, 6) is 7.76. The molecule has 0 radical (unpaired) electrons. The summed E-state index contributed by atoms with van der Waals surface area (Å²) in [6, 6.07) is 0. The zero-order valence-corrected chi connectivity index (χ0v) is 12.0. The van der Waals surface area contributed by atoms with E-state index in [1.807, 2.05) is 25.6 Å². The lowest BCUT2D eigenvalue weighted by atomic mass is 9.84. The highest BCUT2D eigenvalue weighted by Crippen LogP contribution is 2.42. The molecule has 0 atom stereocenters. The molecule has 1 heterocycles. The van der Waals surface area contributed by atoms with Crippen LogP contribution in [-0.4, -0.2) is 27.5 Å². The molecule has 1 aromatic rings. The predicted octanol–water partition coefficient (Wildman–Crippen LogP) is 2.08. The van der Waals surface area contributed by atoms with Crippen LogP contribution in [-0.2, 0) is 0 Å². The fourth-order valence-electron chi connectivity index (χ4n) is 2.21. The lowest BCUT2D eigenvalue weighted by Gasteiger charge is -2.40. The Morgan fingerprint density at radius 2 is 1.94 bits per heavy atom. The second-order valence-electron chi connectivity index (χ2n) is 4.83. The first-order valence-electron chi connectivity index (χ1n) is 6.21. The van der Waals surface area contributed by atoms with Gasteiger partial charge in [-0.25, -0.2) is 15.8 Å². The van der Waals surface area contributed by atoms with E-state index in [1.165, 1.54) is 19.3 Å². The lowest BCUT2D eigenvalue weighted by molar-refractivity contribution is 0.379. The standard InChI is InChI=1S/C12H21N5S/c1-8-10(15-9(2)16-11(8)17-13)14-7-12(18-3)5-4-6-12/h4-7,13H2,1-3H3,(H2,14,15,16,17). The summed E-state index contributed by atoms with van der Waals surface area (Å²) in [7, 11) is 0. The first-order chi connectivity index (χ1) is 8.60. The Kier molecular flexibility index (Phi) is 3.97. The Labute approximate surface area is 112 Å². The van der Waals surface area contributed by atoms with Gasteiger partial charge in [-0.2, -0.15) is 11.8 Å². The molecule has 0 spiro atoms. The van der Waals surface area contributed by atoms with Crippen LogP contribution in [0.4, 0.5) is 11.6 Å². The van der Waals surface area contributed by atoms with Gasteiger partial charge in [-0.15, -0.1) is 0 Å². The topological polar surface area (TPSA) is 75.9 Å². The van der Waals surface area contributed by atoms with Crippen LogP contribution in [0.15, 0.2) is 0 Å². The van der Waals surface area contributed by atoms with Crippen LogP contribution in [0, 0.1) is 13.8 Å². The molecule has 0 saturated heterocycles. The molecular formula is C12H21N5S. The fourth-order valence-corrected chi connectivity index (χ4v) is 3.12. The normalized spacial score (nSPS) is 17.1.